The zero-order chi connectivity index (χ0) is 14.3. The fraction of sp³-hybridized carbons (Fsp3) is 0.611. The van der Waals surface area contributed by atoms with Crippen LogP contribution in [0.15, 0.2) is 18.2 Å². The Balaban J connectivity index is 1.41. The van der Waals surface area contributed by atoms with Crippen LogP contribution in [0.5, 0.6) is 5.75 Å². The minimum Gasteiger partial charge on any atom is -0.491 e. The molecule has 0 bridgehead atoms. The zero-order valence-electron chi connectivity index (χ0n) is 12.4. The van der Waals surface area contributed by atoms with Crippen LogP contribution in [-0.4, -0.2) is 24.1 Å². The molecule has 0 N–H and O–H groups in total. The van der Waals surface area contributed by atoms with Gasteiger partial charge in [-0.05, 0) is 38.2 Å². The molecule has 1 atom stereocenters. The highest BCUT2D eigenvalue weighted by Gasteiger charge is 2.42. The summed E-state index contributed by atoms with van der Waals surface area (Å²) in [5.41, 5.74) is 2.12. The van der Waals surface area contributed by atoms with E-state index in [1.54, 1.807) is 0 Å². The van der Waals surface area contributed by atoms with Crippen molar-refractivity contribution in [1.29, 1.82) is 0 Å². The fourth-order valence-corrected chi connectivity index (χ4v) is 4.18. The fourth-order valence-electron chi connectivity index (χ4n) is 4.18. The first-order chi connectivity index (χ1) is 10.3. The molecule has 4 rings (SSSR count). The smallest absolute Gasteiger partial charge is 0.163 e. The number of carbonyl (C=O) groups excluding carboxylic acids is 1. The second-order valence-corrected chi connectivity index (χ2v) is 6.69. The van der Waals surface area contributed by atoms with Crippen molar-refractivity contribution in [3.05, 3.63) is 29.3 Å². The van der Waals surface area contributed by atoms with Crippen molar-refractivity contribution in [2.75, 3.05) is 6.61 Å². The van der Waals surface area contributed by atoms with Crippen molar-refractivity contribution < 1.29 is 14.3 Å². The van der Waals surface area contributed by atoms with Crippen molar-refractivity contribution in [2.24, 2.45) is 0 Å². The van der Waals surface area contributed by atoms with Crippen molar-refractivity contribution in [1.82, 2.24) is 0 Å². The monoisotopic (exact) mass is 286 g/mol. The molecule has 112 valence electrons. The molecule has 3 heteroatoms. The van der Waals surface area contributed by atoms with Gasteiger partial charge in [0, 0.05) is 17.5 Å². The molecule has 1 unspecified atom stereocenters. The van der Waals surface area contributed by atoms with Gasteiger partial charge < -0.3 is 9.47 Å². The van der Waals surface area contributed by atoms with E-state index >= 15 is 0 Å². The molecule has 21 heavy (non-hydrogen) atoms. The van der Waals surface area contributed by atoms with Crippen LogP contribution in [0.2, 0.25) is 0 Å². The van der Waals surface area contributed by atoms with Gasteiger partial charge in [-0.2, -0.15) is 0 Å². The summed E-state index contributed by atoms with van der Waals surface area (Å²) >= 11 is 0. The van der Waals surface area contributed by atoms with Gasteiger partial charge in [0.05, 0.1) is 11.7 Å². The van der Waals surface area contributed by atoms with Crippen LogP contribution in [0.4, 0.5) is 0 Å². The molecular weight excluding hydrogens is 264 g/mol. The van der Waals surface area contributed by atoms with Gasteiger partial charge in [0.15, 0.2) is 5.78 Å². The maximum Gasteiger partial charge on any atom is 0.163 e. The first-order valence-electron chi connectivity index (χ1n) is 8.22. The van der Waals surface area contributed by atoms with Gasteiger partial charge in [0.25, 0.3) is 0 Å². The molecule has 1 heterocycles. The predicted molar refractivity (Wildman–Crippen MR) is 79.9 cm³/mol. The predicted octanol–water partition coefficient (Wildman–Crippen LogP) is 3.69. The Hall–Kier alpha value is -1.35. The van der Waals surface area contributed by atoms with Gasteiger partial charge in [-0.3, -0.25) is 4.79 Å². The highest BCUT2D eigenvalue weighted by Crippen LogP contribution is 2.43. The lowest BCUT2D eigenvalue weighted by atomic mass is 9.98. The Morgan fingerprint density at radius 2 is 2.05 bits per heavy atom. The number of hydrogen-bond donors (Lipinski definition) is 0. The summed E-state index contributed by atoms with van der Waals surface area (Å²) in [5, 5.41) is 0. The van der Waals surface area contributed by atoms with Crippen molar-refractivity contribution in [3.63, 3.8) is 0 Å². The van der Waals surface area contributed by atoms with E-state index in [0.29, 0.717) is 13.0 Å². The molecule has 3 aliphatic rings. The maximum atomic E-state index is 11.8. The van der Waals surface area contributed by atoms with E-state index in [2.05, 4.69) is 0 Å². The van der Waals surface area contributed by atoms with E-state index in [9.17, 15) is 4.79 Å². The number of hydrogen-bond acceptors (Lipinski definition) is 3. The normalized spacial score (nSPS) is 26.5. The standard InChI is InChI=1S/C18H22O3/c19-16-7-6-15-14(16)4-3-5-17(15)20-12-13-8-11-18(21-13)9-1-2-10-18/h3-5,13H,1-2,6-12H2. The van der Waals surface area contributed by atoms with Crippen molar-refractivity contribution >= 4 is 5.78 Å². The molecule has 1 aromatic carbocycles. The molecular formula is C18H22O3. The van der Waals surface area contributed by atoms with E-state index < -0.39 is 0 Å². The quantitative estimate of drug-likeness (QED) is 0.850. The average Bonchev–Trinajstić information content (AvgIpc) is 3.21. The lowest BCUT2D eigenvalue weighted by molar-refractivity contribution is -0.0509. The molecule has 1 aromatic rings. The summed E-state index contributed by atoms with van der Waals surface area (Å²) in [6, 6.07) is 5.82. The molecule has 1 saturated carbocycles. The van der Waals surface area contributed by atoms with Crippen LogP contribution in [-0.2, 0) is 11.2 Å². The largest absolute Gasteiger partial charge is 0.491 e. The minimum atomic E-state index is 0.169. The van der Waals surface area contributed by atoms with E-state index in [0.717, 1.165) is 29.7 Å². The average molecular weight is 286 g/mol. The Bertz CT molecular complexity index is 558. The van der Waals surface area contributed by atoms with Crippen LogP contribution >= 0.6 is 0 Å². The van der Waals surface area contributed by atoms with Crippen molar-refractivity contribution in [2.45, 2.75) is 63.1 Å². The summed E-state index contributed by atoms with van der Waals surface area (Å²) in [4.78, 5) is 11.8. The van der Waals surface area contributed by atoms with Gasteiger partial charge in [-0.15, -0.1) is 0 Å². The number of Topliss-reactive ketones (excluding diaryl/α,β-unsaturated/α-hetero) is 1. The summed E-state index contributed by atoms with van der Waals surface area (Å²) < 4.78 is 12.3. The summed E-state index contributed by atoms with van der Waals surface area (Å²) in [6.45, 7) is 0.617. The number of rotatable bonds is 3. The van der Waals surface area contributed by atoms with Crippen molar-refractivity contribution in [3.8, 4) is 5.75 Å². The second-order valence-electron chi connectivity index (χ2n) is 6.69. The summed E-state index contributed by atoms with van der Waals surface area (Å²) in [5.74, 6) is 1.13. The molecule has 2 fully saturated rings. The molecule has 1 spiro atoms. The van der Waals surface area contributed by atoms with E-state index in [4.69, 9.17) is 9.47 Å². The van der Waals surface area contributed by atoms with Gasteiger partial charge >= 0.3 is 0 Å². The number of carbonyl (C=O) groups is 1. The van der Waals surface area contributed by atoms with Gasteiger partial charge in [0.2, 0.25) is 0 Å². The lowest BCUT2D eigenvalue weighted by Gasteiger charge is -2.24. The highest BCUT2D eigenvalue weighted by atomic mass is 16.6. The number of ketones is 1. The zero-order valence-corrected chi connectivity index (χ0v) is 12.4. The van der Waals surface area contributed by atoms with E-state index in [1.165, 1.54) is 32.1 Å². The molecule has 2 aliphatic carbocycles. The number of fused-ring (bicyclic) bond motifs is 1. The summed E-state index contributed by atoms with van der Waals surface area (Å²) in [6.07, 6.45) is 9.01. The van der Waals surface area contributed by atoms with E-state index in [1.807, 2.05) is 18.2 Å². The topological polar surface area (TPSA) is 35.5 Å². The van der Waals surface area contributed by atoms with Crippen LogP contribution in [0.1, 0.15) is 60.9 Å². The van der Waals surface area contributed by atoms with Gasteiger partial charge in [-0.1, -0.05) is 25.0 Å². The Morgan fingerprint density at radius 3 is 2.90 bits per heavy atom. The van der Waals surface area contributed by atoms with Crippen LogP contribution in [0.25, 0.3) is 0 Å². The lowest BCUT2D eigenvalue weighted by Crippen LogP contribution is -2.27. The van der Waals surface area contributed by atoms with Crippen LogP contribution < -0.4 is 4.74 Å². The molecule has 3 nitrogen and oxygen atoms in total. The summed E-state index contributed by atoms with van der Waals surface area (Å²) in [7, 11) is 0. The molecule has 1 aliphatic heterocycles. The molecule has 0 amide bonds. The Kier molecular flexibility index (Phi) is 3.26. The Morgan fingerprint density at radius 1 is 1.19 bits per heavy atom. The third kappa shape index (κ3) is 2.38. The molecule has 0 aromatic heterocycles. The molecule has 0 radical (unpaired) electrons. The van der Waals surface area contributed by atoms with Crippen LogP contribution in [0, 0.1) is 0 Å². The first-order valence-corrected chi connectivity index (χ1v) is 8.22. The maximum absolute atomic E-state index is 11.8. The number of benzene rings is 1. The third-order valence-corrected chi connectivity index (χ3v) is 5.31. The van der Waals surface area contributed by atoms with E-state index in [-0.39, 0.29) is 17.5 Å². The van der Waals surface area contributed by atoms with Gasteiger partial charge in [-0.25, -0.2) is 0 Å². The first kappa shape index (κ1) is 13.3. The highest BCUT2D eigenvalue weighted by molar-refractivity contribution is 6.01. The minimum absolute atomic E-state index is 0.169. The van der Waals surface area contributed by atoms with Crippen LogP contribution in [0.3, 0.4) is 0 Å². The third-order valence-electron chi connectivity index (χ3n) is 5.31. The Labute approximate surface area is 125 Å². The van der Waals surface area contributed by atoms with Gasteiger partial charge in [0.1, 0.15) is 12.4 Å². The molecule has 1 saturated heterocycles. The SMILES string of the molecule is O=C1CCc2c(OCC3CCC4(CCCC4)O3)cccc21. The second kappa shape index (κ2) is 5.13. The number of ether oxygens (including phenoxy) is 2.